The van der Waals surface area contributed by atoms with Crippen LogP contribution in [0, 0.1) is 5.92 Å². The third-order valence-electron chi connectivity index (χ3n) is 6.12. The summed E-state index contributed by atoms with van der Waals surface area (Å²) < 4.78 is 10.9. The van der Waals surface area contributed by atoms with Crippen molar-refractivity contribution < 1.29 is 9.15 Å². The van der Waals surface area contributed by atoms with Crippen molar-refractivity contribution in [1.29, 1.82) is 0 Å². The van der Waals surface area contributed by atoms with E-state index >= 15 is 0 Å². The van der Waals surface area contributed by atoms with E-state index in [1.54, 1.807) is 6.26 Å². The van der Waals surface area contributed by atoms with Gasteiger partial charge in [0, 0.05) is 38.6 Å². The number of aliphatic imine (C=N–C) groups is 1. The van der Waals surface area contributed by atoms with Gasteiger partial charge in [-0.25, -0.2) is 4.99 Å². The Bertz CT molecular complexity index is 776. The molecular formula is C25H36N4O2. The first kappa shape index (κ1) is 21.9. The van der Waals surface area contributed by atoms with E-state index in [0.29, 0.717) is 12.5 Å². The average Bonchev–Trinajstić information content (AvgIpc) is 3.51. The molecule has 1 unspecified atom stereocenters. The number of guanidine groups is 1. The summed E-state index contributed by atoms with van der Waals surface area (Å²) in [4.78, 5) is 7.40. The summed E-state index contributed by atoms with van der Waals surface area (Å²) in [5.41, 5.74) is 2.63. The highest BCUT2D eigenvalue weighted by Crippen LogP contribution is 2.14. The van der Waals surface area contributed by atoms with Crippen molar-refractivity contribution in [2.45, 2.75) is 45.2 Å². The summed E-state index contributed by atoms with van der Waals surface area (Å²) >= 11 is 0. The Labute approximate surface area is 186 Å². The molecule has 2 aliphatic rings. The number of rotatable bonds is 9. The smallest absolute Gasteiger partial charge is 0.191 e. The lowest BCUT2D eigenvalue weighted by atomic mass is 10.1. The molecule has 4 rings (SSSR count). The third-order valence-corrected chi connectivity index (χ3v) is 6.12. The zero-order valence-corrected chi connectivity index (χ0v) is 18.5. The maximum atomic E-state index is 5.50. The quantitative estimate of drug-likeness (QED) is 0.476. The summed E-state index contributed by atoms with van der Waals surface area (Å²) in [5, 5.41) is 6.95. The van der Waals surface area contributed by atoms with Gasteiger partial charge in [0.2, 0.25) is 0 Å². The number of benzene rings is 1. The summed E-state index contributed by atoms with van der Waals surface area (Å²) in [6.45, 7) is 7.58. The first-order valence-electron chi connectivity index (χ1n) is 11.8. The molecule has 0 saturated carbocycles. The fourth-order valence-electron chi connectivity index (χ4n) is 4.21. The Kier molecular flexibility index (Phi) is 8.42. The van der Waals surface area contributed by atoms with Crippen molar-refractivity contribution in [3.05, 3.63) is 59.5 Å². The second-order valence-corrected chi connectivity index (χ2v) is 8.68. The van der Waals surface area contributed by atoms with Gasteiger partial charge >= 0.3 is 0 Å². The van der Waals surface area contributed by atoms with Crippen LogP contribution in [0.2, 0.25) is 0 Å². The van der Waals surface area contributed by atoms with Gasteiger partial charge in [-0.1, -0.05) is 30.7 Å². The first-order valence-corrected chi connectivity index (χ1v) is 11.8. The van der Waals surface area contributed by atoms with E-state index in [9.17, 15) is 0 Å². The molecule has 2 aromatic rings. The lowest BCUT2D eigenvalue weighted by Crippen LogP contribution is -2.40. The topological polar surface area (TPSA) is 62.0 Å². The number of nitrogens with zero attached hydrogens (tertiary/aromatic N) is 2. The van der Waals surface area contributed by atoms with Crippen molar-refractivity contribution in [2.24, 2.45) is 10.9 Å². The highest BCUT2D eigenvalue weighted by atomic mass is 16.5. The van der Waals surface area contributed by atoms with E-state index in [4.69, 9.17) is 14.1 Å². The molecule has 3 heterocycles. The Morgan fingerprint density at radius 2 is 1.87 bits per heavy atom. The predicted octanol–water partition coefficient (Wildman–Crippen LogP) is 3.58. The second kappa shape index (κ2) is 11.9. The molecule has 0 spiro atoms. The predicted molar refractivity (Wildman–Crippen MR) is 124 cm³/mol. The number of nitrogens with one attached hydrogen (secondary N) is 2. The average molecular weight is 425 g/mol. The number of ether oxygens (including phenoxy) is 1. The fourth-order valence-corrected chi connectivity index (χ4v) is 4.21. The fraction of sp³-hybridized carbons (Fsp3) is 0.560. The molecule has 1 aromatic carbocycles. The molecular weight excluding hydrogens is 388 g/mol. The molecule has 2 saturated heterocycles. The Balaban J connectivity index is 1.29. The summed E-state index contributed by atoms with van der Waals surface area (Å²) in [6.07, 6.45) is 7.73. The molecule has 6 heteroatoms. The van der Waals surface area contributed by atoms with Crippen molar-refractivity contribution in [1.82, 2.24) is 15.5 Å². The van der Waals surface area contributed by atoms with Crippen LogP contribution in [0.5, 0.6) is 0 Å². The van der Waals surface area contributed by atoms with Crippen LogP contribution < -0.4 is 10.6 Å². The van der Waals surface area contributed by atoms with E-state index in [2.05, 4.69) is 39.8 Å². The maximum Gasteiger partial charge on any atom is 0.191 e. The van der Waals surface area contributed by atoms with Gasteiger partial charge in [-0.3, -0.25) is 4.90 Å². The second-order valence-electron chi connectivity index (χ2n) is 8.68. The molecule has 1 atom stereocenters. The van der Waals surface area contributed by atoms with Crippen molar-refractivity contribution in [3.63, 3.8) is 0 Å². The Morgan fingerprint density at radius 1 is 1.03 bits per heavy atom. The standard InChI is InChI=1S/C25H36N4O2/c1-2-13-29(14-3-1)19-22-8-6-21(7-9-22)17-27-25(28-18-23-11-16-30-20-23)26-12-10-24-5-4-15-31-24/h4-9,15,23H,1-3,10-14,16-20H2,(H2,26,27,28). The van der Waals surface area contributed by atoms with E-state index < -0.39 is 0 Å². The van der Waals surface area contributed by atoms with Crippen molar-refractivity contribution >= 4 is 5.96 Å². The van der Waals surface area contributed by atoms with Crippen LogP contribution >= 0.6 is 0 Å². The van der Waals surface area contributed by atoms with Gasteiger partial charge in [0.1, 0.15) is 5.76 Å². The van der Waals surface area contributed by atoms with Crippen LogP contribution in [0.1, 0.15) is 42.6 Å². The molecule has 0 radical (unpaired) electrons. The molecule has 2 N–H and O–H groups in total. The van der Waals surface area contributed by atoms with Crippen LogP contribution in [0.3, 0.4) is 0 Å². The molecule has 2 aliphatic heterocycles. The molecule has 0 bridgehead atoms. The van der Waals surface area contributed by atoms with E-state index in [-0.39, 0.29) is 0 Å². The summed E-state index contributed by atoms with van der Waals surface area (Å²) in [5.74, 6) is 2.40. The Hall–Kier alpha value is -2.31. The number of furan rings is 1. The lowest BCUT2D eigenvalue weighted by Gasteiger charge is -2.26. The van der Waals surface area contributed by atoms with Crippen LogP contribution in [0.4, 0.5) is 0 Å². The number of piperidine rings is 1. The molecule has 1 aromatic heterocycles. The summed E-state index contributed by atoms with van der Waals surface area (Å²) in [6, 6.07) is 12.9. The third kappa shape index (κ3) is 7.40. The van der Waals surface area contributed by atoms with Crippen molar-refractivity contribution in [2.75, 3.05) is 39.4 Å². The Morgan fingerprint density at radius 3 is 2.61 bits per heavy atom. The number of hydrogen-bond donors (Lipinski definition) is 2. The number of likely N-dealkylation sites (tertiary alicyclic amines) is 1. The molecule has 0 amide bonds. The summed E-state index contributed by atoms with van der Waals surface area (Å²) in [7, 11) is 0. The van der Waals surface area contributed by atoms with Crippen LogP contribution in [-0.2, 0) is 24.2 Å². The van der Waals surface area contributed by atoms with Crippen LogP contribution in [0.15, 0.2) is 52.1 Å². The zero-order valence-electron chi connectivity index (χ0n) is 18.5. The van der Waals surface area contributed by atoms with Gasteiger partial charge in [0.25, 0.3) is 0 Å². The maximum absolute atomic E-state index is 5.50. The molecule has 31 heavy (non-hydrogen) atoms. The minimum Gasteiger partial charge on any atom is -0.469 e. The van der Waals surface area contributed by atoms with E-state index in [1.807, 2.05) is 12.1 Å². The molecule has 168 valence electrons. The van der Waals surface area contributed by atoms with Gasteiger partial charge in [-0.15, -0.1) is 0 Å². The van der Waals surface area contributed by atoms with E-state index in [0.717, 1.165) is 57.4 Å². The largest absolute Gasteiger partial charge is 0.469 e. The lowest BCUT2D eigenvalue weighted by molar-refractivity contribution is 0.186. The van der Waals surface area contributed by atoms with Crippen LogP contribution in [0.25, 0.3) is 0 Å². The SMILES string of the molecule is c1coc(CCNC(=NCc2ccc(CN3CCCCC3)cc2)NCC2CCOC2)c1. The van der Waals surface area contributed by atoms with Gasteiger partial charge in [-0.2, -0.15) is 0 Å². The molecule has 0 aliphatic carbocycles. The van der Waals surface area contributed by atoms with Gasteiger partial charge < -0.3 is 19.8 Å². The normalized spacial score (nSPS) is 20.1. The van der Waals surface area contributed by atoms with E-state index in [1.165, 1.54) is 43.5 Å². The zero-order chi connectivity index (χ0) is 21.1. The monoisotopic (exact) mass is 424 g/mol. The molecule has 6 nitrogen and oxygen atoms in total. The highest BCUT2D eigenvalue weighted by Gasteiger charge is 2.16. The highest BCUT2D eigenvalue weighted by molar-refractivity contribution is 5.79. The van der Waals surface area contributed by atoms with Gasteiger partial charge in [-0.05, 0) is 55.6 Å². The molecule has 2 fully saturated rings. The minimum absolute atomic E-state index is 0.561. The van der Waals surface area contributed by atoms with Gasteiger partial charge in [0.05, 0.1) is 19.4 Å². The van der Waals surface area contributed by atoms with Crippen molar-refractivity contribution in [3.8, 4) is 0 Å². The van der Waals surface area contributed by atoms with Gasteiger partial charge in [0.15, 0.2) is 5.96 Å². The van der Waals surface area contributed by atoms with Crippen LogP contribution in [-0.4, -0.2) is 50.3 Å². The number of hydrogen-bond acceptors (Lipinski definition) is 4. The minimum atomic E-state index is 0.561. The first-order chi connectivity index (χ1) is 15.3.